The maximum Gasteiger partial charge on any atom is 0.301 e. The molecule has 3 fully saturated rings. The monoisotopic (exact) mass is 669 g/mol. The first-order valence-electron chi connectivity index (χ1n) is 15.7. The minimum absolute atomic E-state index is 0.0498. The lowest BCUT2D eigenvalue weighted by Crippen LogP contribution is -2.48. The first-order valence-corrected chi connectivity index (χ1v) is 15.7. The van der Waals surface area contributed by atoms with Crippen LogP contribution in [0.4, 0.5) is 28.4 Å². The molecule has 1 saturated carbocycles. The number of hydrogen-bond acceptors (Lipinski definition) is 11. The number of benzene rings is 2. The summed E-state index contributed by atoms with van der Waals surface area (Å²) >= 11 is 0. The number of carbonyl (C=O) groups is 4. The van der Waals surface area contributed by atoms with E-state index < -0.39 is 86.5 Å². The van der Waals surface area contributed by atoms with Crippen molar-refractivity contribution in [3.63, 3.8) is 0 Å². The van der Waals surface area contributed by atoms with E-state index in [4.69, 9.17) is 4.42 Å². The van der Waals surface area contributed by atoms with Gasteiger partial charge in [0.15, 0.2) is 5.69 Å². The second-order valence-electron chi connectivity index (χ2n) is 13.2. The average molecular weight is 670 g/mol. The fourth-order valence-electron chi connectivity index (χ4n) is 8.48. The van der Waals surface area contributed by atoms with Gasteiger partial charge in [-0.2, -0.15) is 0 Å². The lowest BCUT2D eigenvalue weighted by Gasteiger charge is -2.48. The van der Waals surface area contributed by atoms with Gasteiger partial charge < -0.3 is 14.4 Å². The van der Waals surface area contributed by atoms with E-state index in [0.29, 0.717) is 17.0 Å². The number of carbonyl (C=O) groups excluding carboxylic acids is 4. The van der Waals surface area contributed by atoms with Gasteiger partial charge in [0.1, 0.15) is 18.1 Å². The highest BCUT2D eigenvalue weighted by molar-refractivity contribution is 6.25. The molecule has 6 unspecified atom stereocenters. The number of rotatable bonds is 7. The second kappa shape index (κ2) is 11.2. The summed E-state index contributed by atoms with van der Waals surface area (Å²) in [5.74, 6) is -6.13. The number of imide groups is 2. The number of nitro benzene ring substituents is 2. The number of anilines is 3. The molecule has 3 aromatic rings. The summed E-state index contributed by atoms with van der Waals surface area (Å²) < 4.78 is 6.00. The van der Waals surface area contributed by atoms with Crippen LogP contribution in [-0.2, 0) is 25.8 Å². The highest BCUT2D eigenvalue weighted by Gasteiger charge is 2.68. The molecule has 15 heteroatoms. The van der Waals surface area contributed by atoms with E-state index >= 15 is 0 Å². The third kappa shape index (κ3) is 4.45. The van der Waals surface area contributed by atoms with Crippen LogP contribution >= 0.6 is 0 Å². The number of aliphatic hydroxyl groups excluding tert-OH is 1. The van der Waals surface area contributed by atoms with Gasteiger partial charge in [-0.3, -0.25) is 39.4 Å². The number of allylic oxidation sites excluding steroid dienone is 2. The number of hydrogen-bond donors (Lipinski definition) is 1. The lowest BCUT2D eigenvalue weighted by molar-refractivity contribution is -0.392. The first kappa shape index (κ1) is 31.9. The smallest absolute Gasteiger partial charge is 0.301 e. The van der Waals surface area contributed by atoms with Crippen molar-refractivity contribution in [3.8, 4) is 0 Å². The van der Waals surface area contributed by atoms with Crippen molar-refractivity contribution < 1.29 is 38.5 Å². The predicted molar refractivity (Wildman–Crippen MR) is 172 cm³/mol. The Morgan fingerprint density at radius 2 is 1.55 bits per heavy atom. The summed E-state index contributed by atoms with van der Waals surface area (Å²) in [7, 11) is 2.82. The highest BCUT2D eigenvalue weighted by Crippen LogP contribution is 2.64. The van der Waals surface area contributed by atoms with Gasteiger partial charge in [0.05, 0.1) is 50.3 Å². The summed E-state index contributed by atoms with van der Waals surface area (Å²) in [5, 5.41) is 33.9. The van der Waals surface area contributed by atoms with Crippen molar-refractivity contribution in [1.29, 1.82) is 0 Å². The van der Waals surface area contributed by atoms with Crippen LogP contribution in [0.3, 0.4) is 0 Å². The Morgan fingerprint density at radius 1 is 0.898 bits per heavy atom. The number of amides is 4. The molecule has 0 spiro atoms. The standard InChI is InChI=1S/C34H31N5O10/c1-34-23(31(42)37(33(34)44)17-7-5-4-6-8-17)15-22-20(28(34)26-12-9-19(16-40)49-26)10-11-21-27(22)32(43)36(30(21)41)18-13-24(38(45)46)29(35(2)3)25(14-18)39(47)48/h4-10,12-14,21-23,27-28,40H,11,15-16H2,1-3H3. The molecule has 15 nitrogen and oxygen atoms in total. The van der Waals surface area contributed by atoms with Gasteiger partial charge in [-0.05, 0) is 49.9 Å². The van der Waals surface area contributed by atoms with Crippen molar-refractivity contribution in [2.24, 2.45) is 29.1 Å². The molecule has 3 heterocycles. The molecule has 2 saturated heterocycles. The van der Waals surface area contributed by atoms with Crippen LogP contribution in [0.5, 0.6) is 0 Å². The van der Waals surface area contributed by atoms with E-state index in [-0.39, 0.29) is 30.0 Å². The normalized spacial score (nSPS) is 27.5. The number of fused-ring (bicyclic) bond motifs is 4. The largest absolute Gasteiger partial charge is 0.463 e. The van der Waals surface area contributed by atoms with E-state index in [1.807, 2.05) is 0 Å². The quantitative estimate of drug-likeness (QED) is 0.165. The molecule has 0 radical (unpaired) electrons. The second-order valence-corrected chi connectivity index (χ2v) is 13.2. The van der Waals surface area contributed by atoms with Crippen LogP contribution in [0.25, 0.3) is 0 Å². The summed E-state index contributed by atoms with van der Waals surface area (Å²) in [6.45, 7) is 1.30. The zero-order valence-corrected chi connectivity index (χ0v) is 26.6. The van der Waals surface area contributed by atoms with E-state index in [1.165, 1.54) is 19.0 Å². The minimum atomic E-state index is -1.35. The Balaban J connectivity index is 1.35. The van der Waals surface area contributed by atoms with Crippen molar-refractivity contribution in [2.75, 3.05) is 28.8 Å². The summed E-state index contributed by atoms with van der Waals surface area (Å²) in [5.41, 5.74) is -2.20. The highest BCUT2D eigenvalue weighted by atomic mass is 16.6. The SMILES string of the molecule is CN(C)c1c([N+](=O)[O-])cc(N2C(=O)C3CC=C4C(CC5C(=O)N(c6ccccc6)C(=O)C5(C)C4c4ccc(CO)o4)C3C2=O)cc1[N+](=O)[O-]. The Hall–Kier alpha value is -5.70. The van der Waals surface area contributed by atoms with E-state index in [9.17, 15) is 44.5 Å². The molecular formula is C34H31N5O10. The molecule has 252 valence electrons. The number of para-hydroxylation sites is 1. The topological polar surface area (TPSA) is 198 Å². The van der Waals surface area contributed by atoms with Gasteiger partial charge >= 0.3 is 11.4 Å². The molecule has 2 aromatic carbocycles. The molecule has 2 aliphatic heterocycles. The molecule has 6 atom stereocenters. The van der Waals surface area contributed by atoms with Crippen molar-refractivity contribution in [3.05, 3.63) is 98.0 Å². The maximum absolute atomic E-state index is 14.4. The molecule has 0 bridgehead atoms. The van der Waals surface area contributed by atoms with E-state index in [1.54, 1.807) is 55.5 Å². The zero-order valence-electron chi connectivity index (χ0n) is 26.6. The van der Waals surface area contributed by atoms with Crippen LogP contribution in [0.2, 0.25) is 0 Å². The Morgan fingerprint density at radius 3 is 2.12 bits per heavy atom. The van der Waals surface area contributed by atoms with Gasteiger partial charge in [0.2, 0.25) is 23.6 Å². The van der Waals surface area contributed by atoms with Crippen LogP contribution in [0.15, 0.2) is 70.7 Å². The minimum Gasteiger partial charge on any atom is -0.463 e. The average Bonchev–Trinajstić information content (AvgIpc) is 3.70. The Labute approximate surface area is 278 Å². The van der Waals surface area contributed by atoms with Crippen molar-refractivity contribution in [2.45, 2.75) is 32.3 Å². The summed E-state index contributed by atoms with van der Waals surface area (Å²) in [6, 6.07) is 13.7. The Kier molecular flexibility index (Phi) is 7.28. The third-order valence-corrected chi connectivity index (χ3v) is 10.6. The van der Waals surface area contributed by atoms with Gasteiger partial charge in [0.25, 0.3) is 0 Å². The molecule has 4 aliphatic rings. The van der Waals surface area contributed by atoms with E-state index in [2.05, 4.69) is 0 Å². The Bertz CT molecular complexity index is 1970. The van der Waals surface area contributed by atoms with Crippen LogP contribution in [0.1, 0.15) is 37.2 Å². The van der Waals surface area contributed by atoms with Gasteiger partial charge in [-0.25, -0.2) is 9.80 Å². The molecule has 49 heavy (non-hydrogen) atoms. The summed E-state index contributed by atoms with van der Waals surface area (Å²) in [6.07, 6.45) is 1.93. The van der Waals surface area contributed by atoms with Crippen LogP contribution in [-0.4, -0.2) is 52.7 Å². The van der Waals surface area contributed by atoms with Gasteiger partial charge in [0, 0.05) is 26.2 Å². The van der Waals surface area contributed by atoms with Crippen molar-refractivity contribution >= 4 is 52.1 Å². The summed E-state index contributed by atoms with van der Waals surface area (Å²) in [4.78, 5) is 82.6. The molecule has 2 aliphatic carbocycles. The molecular weight excluding hydrogens is 638 g/mol. The predicted octanol–water partition coefficient (Wildman–Crippen LogP) is 4.09. The number of aliphatic hydroxyl groups is 1. The number of furan rings is 1. The fourth-order valence-corrected chi connectivity index (χ4v) is 8.48. The van der Waals surface area contributed by atoms with Gasteiger partial charge in [-0.15, -0.1) is 0 Å². The molecule has 7 rings (SSSR count). The van der Waals surface area contributed by atoms with Crippen LogP contribution < -0.4 is 14.7 Å². The van der Waals surface area contributed by atoms with Crippen molar-refractivity contribution in [1.82, 2.24) is 0 Å². The van der Waals surface area contributed by atoms with Crippen LogP contribution in [0, 0.1) is 49.3 Å². The third-order valence-electron chi connectivity index (χ3n) is 10.6. The first-order chi connectivity index (χ1) is 23.3. The lowest BCUT2D eigenvalue weighted by atomic mass is 9.52. The maximum atomic E-state index is 14.4. The molecule has 1 aromatic heterocycles. The van der Waals surface area contributed by atoms with E-state index in [0.717, 1.165) is 21.9 Å². The zero-order chi connectivity index (χ0) is 35.1. The molecule has 1 N–H and O–H groups in total. The number of nitrogens with zero attached hydrogens (tertiary/aromatic N) is 5. The number of nitro groups is 2. The van der Waals surface area contributed by atoms with Gasteiger partial charge in [-0.1, -0.05) is 29.8 Å². The molecule has 4 amide bonds. The fraction of sp³-hybridized carbons (Fsp3) is 0.353.